The van der Waals surface area contributed by atoms with E-state index in [4.69, 9.17) is 28.7 Å². The van der Waals surface area contributed by atoms with Gasteiger partial charge in [-0.15, -0.1) is 0 Å². The summed E-state index contributed by atoms with van der Waals surface area (Å²) >= 11 is 8.84. The van der Waals surface area contributed by atoms with Gasteiger partial charge in [-0.3, -0.25) is 91.3 Å². The molecular weight excluding hydrogens is 1790 g/mol. The number of carboxylic acid groups (broad SMARTS) is 1. The number of hydrogen-bond donors (Lipinski definition) is 24. The van der Waals surface area contributed by atoms with Crippen LogP contribution in [-0.2, 0) is 117 Å². The highest BCUT2D eigenvalue weighted by atomic mass is 32.1. The van der Waals surface area contributed by atoms with Crippen LogP contribution in [0.2, 0.25) is 0 Å². The fourth-order valence-electron chi connectivity index (χ4n) is 14.5. The van der Waals surface area contributed by atoms with Crippen molar-refractivity contribution in [3.63, 3.8) is 0 Å². The summed E-state index contributed by atoms with van der Waals surface area (Å²) in [6, 6.07) is 1.82. The lowest BCUT2D eigenvalue weighted by Gasteiger charge is -2.33. The number of primary amides is 2. The molecule has 2 aliphatic heterocycles. The summed E-state index contributed by atoms with van der Waals surface area (Å²) in [7, 11) is 1.29. The Bertz CT molecular complexity index is 4800. The van der Waals surface area contributed by atoms with Crippen LogP contribution in [0.5, 0.6) is 5.75 Å². The fourth-order valence-corrected chi connectivity index (χ4v) is 15.0. The van der Waals surface area contributed by atoms with Crippen LogP contribution in [0.1, 0.15) is 128 Å². The number of thiol groups is 2. The van der Waals surface area contributed by atoms with E-state index >= 15 is 0 Å². The number of nitrogens with one attached hydrogen (secondary N) is 14. The van der Waals surface area contributed by atoms with Gasteiger partial charge in [-0.2, -0.15) is 25.3 Å². The van der Waals surface area contributed by atoms with Gasteiger partial charge < -0.3 is 133 Å². The van der Waals surface area contributed by atoms with E-state index < -0.39 is 234 Å². The van der Waals surface area contributed by atoms with E-state index in [2.05, 4.69) is 109 Å². The molecule has 2 saturated heterocycles. The number of guanidine groups is 1. The van der Waals surface area contributed by atoms with E-state index in [1.165, 1.54) is 69.5 Å². The Morgan fingerprint density at radius 1 is 0.560 bits per heavy atom. The van der Waals surface area contributed by atoms with Crippen LogP contribution in [0.3, 0.4) is 0 Å². The second-order valence-electron chi connectivity index (χ2n) is 33.6. The number of likely N-dealkylation sites (N-methyl/N-ethyl adjacent to an activating group) is 1. The van der Waals surface area contributed by atoms with Gasteiger partial charge in [0.05, 0.1) is 44.5 Å². The molecule has 18 amide bonds. The number of imidazole rings is 1. The van der Waals surface area contributed by atoms with Gasteiger partial charge in [0, 0.05) is 81.2 Å². The number of aromatic hydroxyl groups is 1. The number of benzene rings is 3. The van der Waals surface area contributed by atoms with Crippen molar-refractivity contribution in [1.29, 1.82) is 0 Å². The minimum atomic E-state index is -1.85. The van der Waals surface area contributed by atoms with Crippen molar-refractivity contribution in [3.05, 3.63) is 120 Å². The van der Waals surface area contributed by atoms with Crippen LogP contribution in [0.4, 0.5) is 0 Å². The van der Waals surface area contributed by atoms with Crippen molar-refractivity contribution < 1.29 is 106 Å². The minimum Gasteiger partial charge on any atom is -0.508 e. The zero-order valence-corrected chi connectivity index (χ0v) is 77.2. The quantitative estimate of drug-likeness (QED) is 0.00845. The van der Waals surface area contributed by atoms with Crippen molar-refractivity contribution in [1.82, 2.24) is 93.8 Å². The lowest BCUT2D eigenvalue weighted by Crippen LogP contribution is -2.64. The van der Waals surface area contributed by atoms with Crippen LogP contribution in [0.25, 0.3) is 0 Å². The summed E-state index contributed by atoms with van der Waals surface area (Å²) < 4.78 is -1.48. The minimum absolute atomic E-state index is 0.0122. The van der Waals surface area contributed by atoms with E-state index in [0.29, 0.717) is 28.8 Å². The third-order valence-corrected chi connectivity index (χ3v) is 22.4. The first-order valence-electron chi connectivity index (χ1n) is 43.4. The highest BCUT2D eigenvalue weighted by molar-refractivity contribution is 7.81. The normalized spacial score (nSPS) is 16.4. The number of aromatic amines is 1. The molecule has 4 aromatic rings. The van der Waals surface area contributed by atoms with Crippen LogP contribution in [0, 0.1) is 5.92 Å². The van der Waals surface area contributed by atoms with Crippen molar-refractivity contribution in [2.24, 2.45) is 39.6 Å². The molecule has 46 nitrogen and oxygen atoms in total. The summed E-state index contributed by atoms with van der Waals surface area (Å²) in [6.45, 7) is 6.58. The van der Waals surface area contributed by atoms with Gasteiger partial charge in [0.1, 0.15) is 84.3 Å². The first-order valence-corrected chi connectivity index (χ1v) is 44.5. The number of rotatable bonds is 53. The number of carbonyl (C=O) groups excluding carboxylic acids is 18. The number of aliphatic hydroxyl groups excluding tert-OH is 1. The average Bonchev–Trinajstić information content (AvgIpc) is 1.76. The number of phenolic OH excluding ortho intramolecular Hbond substituents is 1. The number of aliphatic carboxylic acids is 1. The molecule has 0 saturated carbocycles. The van der Waals surface area contributed by atoms with Gasteiger partial charge in [-0.05, 0) is 114 Å². The molecule has 2 aliphatic rings. The maximum absolute atomic E-state index is 15.0. The van der Waals surface area contributed by atoms with Gasteiger partial charge in [-0.1, -0.05) is 86.6 Å². The predicted molar refractivity (Wildman–Crippen MR) is 490 cm³/mol. The molecule has 2 fully saturated rings. The molecule has 0 bridgehead atoms. The second kappa shape index (κ2) is 53.3. The Kier molecular flexibility index (Phi) is 43.4. The lowest BCUT2D eigenvalue weighted by molar-refractivity contribution is -0.148. The van der Waals surface area contributed by atoms with E-state index in [-0.39, 0.29) is 120 Å². The number of phenols is 1. The Hall–Kier alpha value is -13.5. The largest absolute Gasteiger partial charge is 0.508 e. The van der Waals surface area contributed by atoms with Crippen molar-refractivity contribution >= 4 is 144 Å². The molecule has 1 aromatic heterocycles. The summed E-state index contributed by atoms with van der Waals surface area (Å²) in [5, 5.41) is 63.4. The highest BCUT2D eigenvalue weighted by Gasteiger charge is 2.44. The molecule has 3 heterocycles. The molecule has 732 valence electrons. The average molecular weight is 1910 g/mol. The monoisotopic (exact) mass is 1910 g/mol. The van der Waals surface area contributed by atoms with E-state index in [9.17, 15) is 106 Å². The van der Waals surface area contributed by atoms with Gasteiger partial charge in [0.2, 0.25) is 106 Å². The number of H-pyrrole nitrogens is 1. The maximum Gasteiger partial charge on any atom is 0.326 e. The van der Waals surface area contributed by atoms with Gasteiger partial charge >= 0.3 is 5.97 Å². The van der Waals surface area contributed by atoms with Gasteiger partial charge in [0.25, 0.3) is 0 Å². The number of aromatic nitrogens is 2. The first kappa shape index (κ1) is 109. The van der Waals surface area contributed by atoms with Crippen molar-refractivity contribution in [2.75, 3.05) is 52.1 Å². The number of nitrogens with two attached hydrogens (primary N) is 5. The summed E-state index contributed by atoms with van der Waals surface area (Å²) in [5.74, 6) is -18.9. The molecular formula is C86H124N24O22S2. The second-order valence-corrected chi connectivity index (χ2v) is 35.1. The van der Waals surface area contributed by atoms with Gasteiger partial charge in [-0.25, -0.2) is 9.78 Å². The maximum atomic E-state index is 15.0. The number of aliphatic hydroxyl groups is 1. The van der Waals surface area contributed by atoms with Crippen LogP contribution < -0.4 is 97.8 Å². The molecule has 6 rings (SSSR count). The van der Waals surface area contributed by atoms with E-state index in [0.717, 1.165) is 16.7 Å². The number of aliphatic imine (C=N–C) groups is 1. The lowest BCUT2D eigenvalue weighted by atomic mass is 9.99. The highest BCUT2D eigenvalue weighted by Crippen LogP contribution is 2.25. The van der Waals surface area contributed by atoms with Crippen LogP contribution in [0.15, 0.2) is 102 Å². The Morgan fingerprint density at radius 3 is 1.63 bits per heavy atom. The molecule has 0 unspecified atom stereocenters. The number of carbonyl (C=O) groups is 19. The molecule has 134 heavy (non-hydrogen) atoms. The number of carboxylic acids is 1. The Morgan fingerprint density at radius 2 is 1.08 bits per heavy atom. The third-order valence-electron chi connectivity index (χ3n) is 21.8. The van der Waals surface area contributed by atoms with Crippen LogP contribution >= 0.6 is 25.3 Å². The first-order chi connectivity index (χ1) is 63.2. The van der Waals surface area contributed by atoms with Crippen LogP contribution in [-0.4, -0.2) is 306 Å². The topological polar surface area (TPSA) is 722 Å². The Balaban J connectivity index is 1.11. The molecule has 15 atom stereocenters. The number of hydrogen-bond acceptors (Lipinski definition) is 26. The van der Waals surface area contributed by atoms with E-state index in [1.807, 2.05) is 0 Å². The Labute approximate surface area is 784 Å². The molecule has 48 heteroatoms. The molecule has 0 aliphatic carbocycles. The predicted octanol–water partition coefficient (Wildman–Crippen LogP) is -6.92. The SMILES string of the molecule is CC(C)C[C@@H](C(=O)N[C@@H](Cc1ccc(O)cc1)C(=O)N1CCC[C@H]1C(=O)N[C@@H](CS)C(=O)N[C@@H](CC(N)=O)C(=O)NCC(=O)N1CCC[C@H]1C(=O)O)N(C)C(=O)CNC(=O)[C@@H](C)NC(=O)[C@H](Cc1ccccc1)NC(=O)[C@H](Cc1cnc[nH]1)NC(=O)CNC(=O)[C@@H](NC(=O)[C@@H](NC(=O)[C@H](Cc1ccccc1)NC(=O)[C@H](CCCN=C(N)N)NC(=O)[C@@H](N)CCC(N)=O)C(C)(C)S)[C@@H](C)O. The van der Waals surface area contributed by atoms with Crippen molar-refractivity contribution in [3.8, 4) is 5.75 Å². The zero-order chi connectivity index (χ0) is 99.4. The summed E-state index contributed by atoms with van der Waals surface area (Å²) in [4.78, 5) is 275. The third kappa shape index (κ3) is 35.6. The molecule has 27 N–H and O–H groups in total. The molecule has 0 radical (unpaired) electrons. The summed E-state index contributed by atoms with van der Waals surface area (Å²) in [5.41, 5.74) is 29.5. The smallest absolute Gasteiger partial charge is 0.326 e. The standard InChI is InChI=1S/C86H124N24O22S2/c1-45(2)33-63(80(127)104-59(36-50-24-26-52(112)27-25-50)83(130)110-32-15-22-61(110)79(126)105-60(43-133)78(125)103-58(38-65(89)114)73(120)96-42-68(117)109-31-16-23-62(109)84(131)132)108(7)67(116)41-95-71(118)46(3)98-75(122)55(34-48-17-10-8-11-18-48)102-76(123)57(37-51-39-92-44-97-51)99-66(115)40-94-81(128)69(47(4)111)106-82(129)70(86(5,6)134)107-77(124)56(35-49-19-12-9-13-20-49)101-74(121)54(21-14-30-93-85(90)91)100-72(119)53(87)28-29-64(88)113/h8-13,17-20,24-27,39,44-47,53-63,69-70,111-112,133-134H,14-16,21-23,28-38,40-43,87H2,1-7H3,(H2,88,113)(H2,89,114)(H,92,97)(H,94,128)(H,95,118)(H,96,120)(H,98,122)(H,99,115)(H,100,119)(H,101,121)(H,102,123)(H,103,125)(H,104,127)(H,105,126)(H,106,129)(H,107,124)(H,131,132)(H4,90,91,93)/t46-,47-,53+,54+,55+,56+,57+,58+,59+,60+,61+,62+,63+,69+,70-/m1/s1. The van der Waals surface area contributed by atoms with E-state index in [1.54, 1.807) is 74.5 Å². The fraction of sp³-hybridized carbons (Fsp3) is 0.523. The summed E-state index contributed by atoms with van der Waals surface area (Å²) in [6.07, 6.45) is -0.199. The van der Waals surface area contributed by atoms with Gasteiger partial charge in [0.15, 0.2) is 5.96 Å². The molecule has 0 spiro atoms. The molecule has 3 aromatic carbocycles. The number of nitrogens with zero attached hydrogens (tertiary/aromatic N) is 5. The number of likely N-dealkylation sites (tertiary alicyclic amines) is 2. The zero-order valence-electron chi connectivity index (χ0n) is 75.4. The number of amides is 18. The van der Waals surface area contributed by atoms with Crippen molar-refractivity contribution in [2.45, 2.75) is 227 Å².